The van der Waals surface area contributed by atoms with Gasteiger partial charge in [0.15, 0.2) is 5.78 Å². The third-order valence-electron chi connectivity index (χ3n) is 4.60. The van der Waals surface area contributed by atoms with Gasteiger partial charge in [0.05, 0.1) is 10.5 Å². The van der Waals surface area contributed by atoms with Gasteiger partial charge >= 0.3 is 6.36 Å². The Kier molecular flexibility index (Phi) is 4.78. The van der Waals surface area contributed by atoms with Gasteiger partial charge in [-0.1, -0.05) is 0 Å². The Morgan fingerprint density at radius 1 is 1.27 bits per heavy atom. The number of hydrogen-bond donors (Lipinski definition) is 1. The first-order valence-corrected chi connectivity index (χ1v) is 9.59. The number of alkyl halides is 3. The molecule has 0 aliphatic carbocycles. The van der Waals surface area contributed by atoms with E-state index in [0.29, 0.717) is 25.9 Å². The quantitative estimate of drug-likeness (QED) is 0.847. The lowest BCUT2D eigenvalue weighted by Gasteiger charge is -2.32. The molecule has 2 aliphatic heterocycles. The zero-order valence-electron chi connectivity index (χ0n) is 13.9. The van der Waals surface area contributed by atoms with Crippen molar-refractivity contribution in [1.29, 1.82) is 0 Å². The number of carbonyl (C=O) groups excluding carboxylic acids is 1. The van der Waals surface area contributed by atoms with Crippen LogP contribution in [0, 0.1) is 6.92 Å². The normalized spacial score (nSPS) is 23.4. The molecule has 1 N–H and O–H groups in total. The van der Waals surface area contributed by atoms with Crippen molar-refractivity contribution in [2.45, 2.75) is 48.5 Å². The van der Waals surface area contributed by atoms with Crippen LogP contribution in [0.2, 0.25) is 0 Å². The van der Waals surface area contributed by atoms with Gasteiger partial charge in [-0.25, -0.2) is 8.42 Å². The lowest BCUT2D eigenvalue weighted by atomic mass is 9.89. The molecule has 1 unspecified atom stereocenters. The number of hydrogen-bond acceptors (Lipinski definition) is 6. The van der Waals surface area contributed by atoms with Crippen LogP contribution in [-0.2, 0) is 19.4 Å². The van der Waals surface area contributed by atoms with Crippen molar-refractivity contribution in [2.24, 2.45) is 0 Å². The summed E-state index contributed by atoms with van der Waals surface area (Å²) in [5.74, 6) is -1.05. The molecule has 1 aromatic rings. The minimum absolute atomic E-state index is 0.0207. The largest absolute Gasteiger partial charge is 0.573 e. The van der Waals surface area contributed by atoms with Gasteiger partial charge in [0, 0.05) is 6.42 Å². The van der Waals surface area contributed by atoms with Crippen molar-refractivity contribution in [2.75, 3.05) is 13.1 Å². The molecule has 2 fully saturated rings. The summed E-state index contributed by atoms with van der Waals surface area (Å²) in [6.45, 7) is 2.60. The first-order chi connectivity index (χ1) is 12.0. The average molecular weight is 393 g/mol. The Balaban J connectivity index is 1.87. The number of piperidine rings is 1. The summed E-state index contributed by atoms with van der Waals surface area (Å²) in [5, 5.41) is 3.12. The van der Waals surface area contributed by atoms with Crippen molar-refractivity contribution < 1.29 is 35.9 Å². The molecule has 144 valence electrons. The molecule has 0 radical (unpaired) electrons. The van der Waals surface area contributed by atoms with Crippen molar-refractivity contribution in [1.82, 2.24) is 5.32 Å². The van der Waals surface area contributed by atoms with E-state index in [1.165, 1.54) is 6.92 Å². The van der Waals surface area contributed by atoms with Crippen LogP contribution >= 0.6 is 0 Å². The molecule has 3 rings (SSSR count). The number of halogens is 3. The van der Waals surface area contributed by atoms with Crippen molar-refractivity contribution >= 4 is 15.6 Å². The van der Waals surface area contributed by atoms with E-state index >= 15 is 0 Å². The van der Waals surface area contributed by atoms with Crippen LogP contribution in [0.3, 0.4) is 0 Å². The smallest absolute Gasteiger partial charge is 0.406 e. The van der Waals surface area contributed by atoms with E-state index in [1.54, 1.807) is 0 Å². The molecule has 2 aliphatic rings. The van der Waals surface area contributed by atoms with E-state index in [4.69, 9.17) is 4.74 Å². The van der Waals surface area contributed by atoms with Crippen LogP contribution in [0.4, 0.5) is 13.2 Å². The number of Topliss-reactive ketones (excluding diaryl/α,β-unsaturated/α-hetero) is 1. The predicted molar refractivity (Wildman–Crippen MR) is 84.4 cm³/mol. The molecular weight excluding hydrogens is 375 g/mol. The number of rotatable bonds is 3. The van der Waals surface area contributed by atoms with Crippen LogP contribution in [0.25, 0.3) is 0 Å². The van der Waals surface area contributed by atoms with Gasteiger partial charge in [-0.05, 0) is 56.6 Å². The zero-order valence-corrected chi connectivity index (χ0v) is 14.7. The lowest BCUT2D eigenvalue weighted by molar-refractivity contribution is -0.274. The molecule has 2 heterocycles. The van der Waals surface area contributed by atoms with E-state index in [1.807, 2.05) is 0 Å². The summed E-state index contributed by atoms with van der Waals surface area (Å²) in [7, 11) is -4.18. The number of carbonyl (C=O) groups is 1. The molecule has 0 bridgehead atoms. The molecule has 0 saturated carbocycles. The summed E-state index contributed by atoms with van der Waals surface area (Å²) in [4.78, 5) is 12.1. The molecule has 1 aromatic carbocycles. The predicted octanol–water partition coefficient (Wildman–Crippen LogP) is 2.11. The Hall–Kier alpha value is -1.65. The number of benzene rings is 1. The van der Waals surface area contributed by atoms with Crippen LogP contribution < -0.4 is 10.1 Å². The highest BCUT2D eigenvalue weighted by atomic mass is 32.2. The van der Waals surface area contributed by atoms with E-state index in [-0.39, 0.29) is 16.9 Å². The number of sulfone groups is 1. The van der Waals surface area contributed by atoms with Gasteiger partial charge in [-0.3, -0.25) is 4.79 Å². The Bertz CT molecular complexity index is 816. The molecule has 10 heteroatoms. The summed E-state index contributed by atoms with van der Waals surface area (Å²) in [5.41, 5.74) is -2.36. The summed E-state index contributed by atoms with van der Waals surface area (Å²) < 4.78 is 72.1. The second-order valence-electron chi connectivity index (χ2n) is 6.55. The maximum absolute atomic E-state index is 12.9. The van der Waals surface area contributed by atoms with Crippen molar-refractivity contribution in [3.63, 3.8) is 0 Å². The summed E-state index contributed by atoms with van der Waals surface area (Å²) >= 11 is 0. The van der Waals surface area contributed by atoms with E-state index in [0.717, 1.165) is 18.2 Å². The first kappa shape index (κ1) is 19.1. The minimum Gasteiger partial charge on any atom is -0.406 e. The fourth-order valence-electron chi connectivity index (χ4n) is 3.40. The standard InChI is InChI=1S/C16H18F3NO5S/c1-10-8-11(24-16(17,18)19)2-3-13(10)26(22,23)14-12(21)9-15(25-14)4-6-20-7-5-15/h2-3,8,14,20H,4-7,9H2,1H3. The van der Waals surface area contributed by atoms with E-state index < -0.39 is 38.8 Å². The fraction of sp³-hybridized carbons (Fsp3) is 0.562. The molecular formula is C16H18F3NO5S. The minimum atomic E-state index is -4.88. The zero-order chi connectivity index (χ0) is 19.2. The molecule has 1 spiro atoms. The third-order valence-corrected chi connectivity index (χ3v) is 6.59. The highest BCUT2D eigenvalue weighted by Crippen LogP contribution is 2.39. The monoisotopic (exact) mass is 393 g/mol. The fourth-order valence-corrected chi connectivity index (χ4v) is 5.16. The van der Waals surface area contributed by atoms with Crippen LogP contribution in [0.1, 0.15) is 24.8 Å². The van der Waals surface area contributed by atoms with Crippen molar-refractivity contribution in [3.05, 3.63) is 23.8 Å². The van der Waals surface area contributed by atoms with Crippen LogP contribution in [0.15, 0.2) is 23.1 Å². The lowest BCUT2D eigenvalue weighted by Crippen LogP contribution is -2.42. The van der Waals surface area contributed by atoms with E-state index in [9.17, 15) is 26.4 Å². The maximum atomic E-state index is 12.9. The van der Waals surface area contributed by atoms with Gasteiger partial charge in [-0.15, -0.1) is 13.2 Å². The van der Waals surface area contributed by atoms with E-state index in [2.05, 4.69) is 10.1 Å². The second kappa shape index (κ2) is 6.50. The number of aryl methyl sites for hydroxylation is 1. The molecule has 1 atom stereocenters. The van der Waals surface area contributed by atoms with Crippen molar-refractivity contribution in [3.8, 4) is 5.75 Å². The SMILES string of the molecule is Cc1cc(OC(F)(F)F)ccc1S(=O)(=O)C1OC2(CCNCC2)CC1=O. The third kappa shape index (κ3) is 3.72. The average Bonchev–Trinajstić information content (AvgIpc) is 2.83. The first-order valence-electron chi connectivity index (χ1n) is 8.04. The highest BCUT2D eigenvalue weighted by Gasteiger charge is 2.52. The second-order valence-corrected chi connectivity index (χ2v) is 8.50. The maximum Gasteiger partial charge on any atom is 0.573 e. The van der Waals surface area contributed by atoms with Gasteiger partial charge in [0.2, 0.25) is 15.3 Å². The Morgan fingerprint density at radius 2 is 1.92 bits per heavy atom. The van der Waals surface area contributed by atoms with Gasteiger partial charge in [0.25, 0.3) is 0 Å². The summed E-state index contributed by atoms with van der Waals surface area (Å²) in [6.07, 6.45) is -3.80. The number of ketones is 1. The molecule has 26 heavy (non-hydrogen) atoms. The highest BCUT2D eigenvalue weighted by molar-refractivity contribution is 7.92. The Morgan fingerprint density at radius 3 is 2.50 bits per heavy atom. The van der Waals surface area contributed by atoms with Crippen LogP contribution in [0.5, 0.6) is 5.75 Å². The topological polar surface area (TPSA) is 81.7 Å². The van der Waals surface area contributed by atoms with Gasteiger partial charge in [0.1, 0.15) is 5.75 Å². The number of ether oxygens (including phenoxy) is 2. The van der Waals surface area contributed by atoms with Gasteiger partial charge in [-0.2, -0.15) is 0 Å². The molecule has 2 saturated heterocycles. The molecule has 0 amide bonds. The molecule has 0 aromatic heterocycles. The Labute approximate surface area is 148 Å². The number of nitrogens with one attached hydrogen (secondary N) is 1. The van der Waals surface area contributed by atoms with Crippen LogP contribution in [-0.4, -0.2) is 44.7 Å². The summed E-state index contributed by atoms with van der Waals surface area (Å²) in [6, 6.07) is 2.89. The van der Waals surface area contributed by atoms with Gasteiger partial charge < -0.3 is 14.8 Å². The molecule has 6 nitrogen and oxygen atoms in total.